The van der Waals surface area contributed by atoms with Crippen molar-refractivity contribution in [1.82, 2.24) is 9.88 Å². The van der Waals surface area contributed by atoms with Crippen molar-refractivity contribution in [3.63, 3.8) is 0 Å². The van der Waals surface area contributed by atoms with Crippen LogP contribution in [-0.4, -0.2) is 35.6 Å². The van der Waals surface area contributed by atoms with Crippen molar-refractivity contribution in [2.75, 3.05) is 19.6 Å². The Morgan fingerprint density at radius 2 is 2.13 bits per heavy atom. The fourth-order valence-electron chi connectivity index (χ4n) is 3.08. The summed E-state index contributed by atoms with van der Waals surface area (Å²) in [6.07, 6.45) is 1.81. The third-order valence-electron chi connectivity index (χ3n) is 4.36. The minimum Gasteiger partial charge on any atom is -0.487 e. The number of halogens is 1. The summed E-state index contributed by atoms with van der Waals surface area (Å²) < 4.78 is 19.5. The second-order valence-corrected chi connectivity index (χ2v) is 6.72. The Morgan fingerprint density at radius 3 is 2.74 bits per heavy atom. The van der Waals surface area contributed by atoms with E-state index in [-0.39, 0.29) is 18.0 Å². The fourth-order valence-corrected chi connectivity index (χ4v) is 4.03. The number of hydrogen-bond donors (Lipinski definition) is 1. The molecule has 0 aliphatic carbocycles. The molecule has 0 radical (unpaired) electrons. The highest BCUT2D eigenvalue weighted by atomic mass is 32.1. The van der Waals surface area contributed by atoms with Gasteiger partial charge in [-0.15, -0.1) is 11.3 Å². The summed E-state index contributed by atoms with van der Waals surface area (Å²) in [4.78, 5) is 7.97. The number of nitrogens with zero attached hydrogens (tertiary/aromatic N) is 2. The van der Waals surface area contributed by atoms with Crippen molar-refractivity contribution in [3.05, 3.63) is 46.2 Å². The lowest BCUT2D eigenvalue weighted by atomic mass is 10.0. The van der Waals surface area contributed by atoms with E-state index in [1.54, 1.807) is 29.5 Å². The van der Waals surface area contributed by atoms with Crippen LogP contribution in [0.15, 0.2) is 29.8 Å². The van der Waals surface area contributed by atoms with E-state index in [2.05, 4.69) is 9.88 Å². The van der Waals surface area contributed by atoms with E-state index in [1.165, 1.54) is 10.9 Å². The Hall–Kier alpha value is -1.50. The minimum absolute atomic E-state index is 0.0594. The van der Waals surface area contributed by atoms with Gasteiger partial charge in [0.1, 0.15) is 6.10 Å². The maximum atomic E-state index is 13.7. The zero-order chi connectivity index (χ0) is 16.2. The normalized spacial score (nSPS) is 18.0. The molecule has 1 aliphatic heterocycles. The van der Waals surface area contributed by atoms with Gasteiger partial charge in [0.05, 0.1) is 17.2 Å². The first-order valence-corrected chi connectivity index (χ1v) is 8.82. The highest BCUT2D eigenvalue weighted by Gasteiger charge is 2.28. The van der Waals surface area contributed by atoms with E-state index in [4.69, 9.17) is 10.5 Å². The number of nitrogens with two attached hydrogens (primary N) is 1. The Kier molecular flexibility index (Phi) is 5.25. The number of ether oxygens (including phenoxy) is 1. The molecule has 0 saturated carbocycles. The first-order valence-electron chi connectivity index (χ1n) is 7.94. The molecule has 124 valence electrons. The number of aromatic nitrogens is 1. The predicted octanol–water partition coefficient (Wildman–Crippen LogP) is 3.13. The lowest BCUT2D eigenvalue weighted by molar-refractivity contribution is 0.0752. The Labute approximate surface area is 140 Å². The van der Waals surface area contributed by atoms with Crippen LogP contribution < -0.4 is 10.5 Å². The number of rotatable bonds is 5. The summed E-state index contributed by atoms with van der Waals surface area (Å²) >= 11 is 1.67. The van der Waals surface area contributed by atoms with Crippen LogP contribution in [0.25, 0.3) is 0 Å². The fraction of sp³-hybridized carbons (Fsp3) is 0.471. The zero-order valence-electron chi connectivity index (χ0n) is 13.2. The number of thiazole rings is 1. The van der Waals surface area contributed by atoms with Crippen molar-refractivity contribution in [1.29, 1.82) is 0 Å². The second kappa shape index (κ2) is 7.38. The van der Waals surface area contributed by atoms with Gasteiger partial charge >= 0.3 is 0 Å². The highest BCUT2D eigenvalue weighted by molar-refractivity contribution is 7.09. The monoisotopic (exact) mass is 335 g/mol. The summed E-state index contributed by atoms with van der Waals surface area (Å²) in [5.74, 6) is 0.0506. The molecule has 1 aromatic carbocycles. The molecule has 1 atom stereocenters. The average molecular weight is 335 g/mol. The molecule has 6 heteroatoms. The molecular formula is C17H22FN3OS. The lowest BCUT2D eigenvalue weighted by Gasteiger charge is -2.36. The van der Waals surface area contributed by atoms with Crippen molar-refractivity contribution >= 4 is 11.3 Å². The van der Waals surface area contributed by atoms with Crippen molar-refractivity contribution in [2.24, 2.45) is 5.73 Å². The zero-order valence-corrected chi connectivity index (χ0v) is 14.1. The van der Waals surface area contributed by atoms with E-state index in [0.29, 0.717) is 12.3 Å². The van der Waals surface area contributed by atoms with Crippen LogP contribution in [0.5, 0.6) is 5.75 Å². The van der Waals surface area contributed by atoms with Gasteiger partial charge < -0.3 is 10.5 Å². The van der Waals surface area contributed by atoms with Crippen molar-refractivity contribution < 1.29 is 9.13 Å². The number of para-hydroxylation sites is 1. The molecule has 1 aromatic heterocycles. The van der Waals surface area contributed by atoms with E-state index in [9.17, 15) is 4.39 Å². The first kappa shape index (κ1) is 16.4. The first-order chi connectivity index (χ1) is 11.2. The van der Waals surface area contributed by atoms with Gasteiger partial charge in [0.15, 0.2) is 11.6 Å². The molecule has 1 fully saturated rings. The van der Waals surface area contributed by atoms with Gasteiger partial charge in [-0.05, 0) is 31.9 Å². The SMILES string of the molecule is Cc1ncsc1C(CN)N1CCC(Oc2ccccc2F)CC1. The molecule has 0 amide bonds. The summed E-state index contributed by atoms with van der Waals surface area (Å²) in [5.41, 5.74) is 8.94. The Morgan fingerprint density at radius 1 is 1.39 bits per heavy atom. The molecule has 2 heterocycles. The van der Waals surface area contributed by atoms with Crippen molar-refractivity contribution in [3.8, 4) is 5.75 Å². The van der Waals surface area contributed by atoms with Crippen LogP contribution in [0.3, 0.4) is 0 Å². The highest BCUT2D eigenvalue weighted by Crippen LogP contribution is 2.30. The summed E-state index contributed by atoms with van der Waals surface area (Å²) in [5, 5.41) is 0. The van der Waals surface area contributed by atoms with Gasteiger partial charge in [-0.25, -0.2) is 9.37 Å². The number of likely N-dealkylation sites (tertiary alicyclic amines) is 1. The van der Waals surface area contributed by atoms with E-state index in [1.807, 2.05) is 12.4 Å². The van der Waals surface area contributed by atoms with Gasteiger partial charge in [0.2, 0.25) is 0 Å². The van der Waals surface area contributed by atoms with E-state index in [0.717, 1.165) is 31.6 Å². The third kappa shape index (κ3) is 3.71. The van der Waals surface area contributed by atoms with Crippen molar-refractivity contribution in [2.45, 2.75) is 31.9 Å². The van der Waals surface area contributed by atoms with Gasteiger partial charge in [-0.3, -0.25) is 4.90 Å². The third-order valence-corrected chi connectivity index (χ3v) is 5.39. The number of piperidine rings is 1. The van der Waals surface area contributed by atoms with Gasteiger partial charge in [0.25, 0.3) is 0 Å². The van der Waals surface area contributed by atoms with E-state index >= 15 is 0 Å². The maximum Gasteiger partial charge on any atom is 0.165 e. The van der Waals surface area contributed by atoms with E-state index < -0.39 is 0 Å². The van der Waals surface area contributed by atoms with Crippen LogP contribution in [0.4, 0.5) is 4.39 Å². The molecule has 2 N–H and O–H groups in total. The molecule has 4 nitrogen and oxygen atoms in total. The molecular weight excluding hydrogens is 313 g/mol. The minimum atomic E-state index is -0.296. The molecule has 23 heavy (non-hydrogen) atoms. The molecule has 3 rings (SSSR count). The number of aryl methyl sites for hydroxylation is 1. The topological polar surface area (TPSA) is 51.4 Å². The average Bonchev–Trinajstić information content (AvgIpc) is 2.98. The summed E-state index contributed by atoms with van der Waals surface area (Å²) in [7, 11) is 0. The standard InChI is InChI=1S/C17H22FN3OS/c1-12-17(23-11-20-12)15(10-19)21-8-6-13(7-9-21)22-16-5-3-2-4-14(16)18/h2-5,11,13,15H,6-10,19H2,1H3. The smallest absolute Gasteiger partial charge is 0.165 e. The van der Waals surface area contributed by atoms with Gasteiger partial charge in [-0.2, -0.15) is 0 Å². The largest absolute Gasteiger partial charge is 0.487 e. The Balaban J connectivity index is 1.60. The lowest BCUT2D eigenvalue weighted by Crippen LogP contribution is -2.42. The Bertz CT molecular complexity index is 640. The molecule has 0 spiro atoms. The second-order valence-electron chi connectivity index (χ2n) is 5.84. The quantitative estimate of drug-likeness (QED) is 0.912. The maximum absolute atomic E-state index is 13.7. The van der Waals surface area contributed by atoms with Crippen LogP contribution in [0, 0.1) is 12.7 Å². The molecule has 0 bridgehead atoms. The molecule has 1 aliphatic rings. The predicted molar refractivity (Wildman–Crippen MR) is 90.3 cm³/mol. The van der Waals surface area contributed by atoms with Crippen LogP contribution in [-0.2, 0) is 0 Å². The van der Waals surface area contributed by atoms with Gasteiger partial charge in [-0.1, -0.05) is 12.1 Å². The van der Waals surface area contributed by atoms with Crippen LogP contribution in [0.2, 0.25) is 0 Å². The van der Waals surface area contributed by atoms with Crippen LogP contribution >= 0.6 is 11.3 Å². The number of benzene rings is 1. The summed E-state index contributed by atoms with van der Waals surface area (Å²) in [6.45, 7) is 4.42. The molecule has 2 aromatic rings. The van der Waals surface area contributed by atoms with Crippen LogP contribution in [0.1, 0.15) is 29.5 Å². The molecule has 1 saturated heterocycles. The number of hydrogen-bond acceptors (Lipinski definition) is 5. The molecule has 1 unspecified atom stereocenters. The van der Waals surface area contributed by atoms with Gasteiger partial charge in [0, 0.05) is 24.5 Å². The summed E-state index contributed by atoms with van der Waals surface area (Å²) in [6, 6.07) is 6.81.